The van der Waals surface area contributed by atoms with Crippen LogP contribution in [0.2, 0.25) is 4.34 Å². The van der Waals surface area contributed by atoms with E-state index in [9.17, 15) is 4.79 Å². The van der Waals surface area contributed by atoms with Crippen molar-refractivity contribution in [2.24, 2.45) is 5.73 Å². The van der Waals surface area contributed by atoms with Crippen LogP contribution >= 0.6 is 22.9 Å². The SMILES string of the molecule is NCC(=O)NCC#Cc1ccc(Cl)s1. The summed E-state index contributed by atoms with van der Waals surface area (Å²) in [7, 11) is 0. The van der Waals surface area contributed by atoms with E-state index in [0.29, 0.717) is 10.9 Å². The molecule has 74 valence electrons. The molecule has 14 heavy (non-hydrogen) atoms. The van der Waals surface area contributed by atoms with Gasteiger partial charge in [-0.1, -0.05) is 23.4 Å². The van der Waals surface area contributed by atoms with E-state index in [1.54, 1.807) is 6.07 Å². The Morgan fingerprint density at radius 1 is 1.64 bits per heavy atom. The topological polar surface area (TPSA) is 55.1 Å². The van der Waals surface area contributed by atoms with E-state index < -0.39 is 0 Å². The summed E-state index contributed by atoms with van der Waals surface area (Å²) in [6, 6.07) is 3.62. The van der Waals surface area contributed by atoms with Gasteiger partial charge in [0.25, 0.3) is 0 Å². The number of carbonyl (C=O) groups excluding carboxylic acids is 1. The Morgan fingerprint density at radius 3 is 3.00 bits per heavy atom. The Hall–Kier alpha value is -1.02. The van der Waals surface area contributed by atoms with Gasteiger partial charge in [0.1, 0.15) is 0 Å². The molecule has 0 bridgehead atoms. The van der Waals surface area contributed by atoms with Crippen molar-refractivity contribution in [2.75, 3.05) is 13.1 Å². The molecule has 0 saturated carbocycles. The van der Waals surface area contributed by atoms with E-state index in [0.717, 1.165) is 4.88 Å². The first kappa shape index (κ1) is 11.1. The van der Waals surface area contributed by atoms with Gasteiger partial charge >= 0.3 is 0 Å². The largest absolute Gasteiger partial charge is 0.344 e. The van der Waals surface area contributed by atoms with Crippen LogP contribution < -0.4 is 11.1 Å². The summed E-state index contributed by atoms with van der Waals surface area (Å²) < 4.78 is 0.709. The Bertz CT molecular complexity index is 378. The minimum absolute atomic E-state index is 0.00743. The van der Waals surface area contributed by atoms with Gasteiger partial charge in [-0.05, 0) is 12.1 Å². The highest BCUT2D eigenvalue weighted by molar-refractivity contribution is 7.16. The van der Waals surface area contributed by atoms with Crippen LogP contribution in [0.3, 0.4) is 0 Å². The van der Waals surface area contributed by atoms with E-state index in [4.69, 9.17) is 17.3 Å². The van der Waals surface area contributed by atoms with Crippen LogP contribution in [0.25, 0.3) is 0 Å². The molecule has 3 nitrogen and oxygen atoms in total. The first-order valence-corrected chi connectivity index (χ1v) is 5.13. The predicted molar refractivity (Wildman–Crippen MR) is 58.3 cm³/mol. The smallest absolute Gasteiger partial charge is 0.234 e. The third kappa shape index (κ3) is 3.79. The lowest BCUT2D eigenvalue weighted by Crippen LogP contribution is -2.30. The molecular weight excluding hydrogens is 220 g/mol. The summed E-state index contributed by atoms with van der Waals surface area (Å²) in [5, 5.41) is 2.54. The fraction of sp³-hybridized carbons (Fsp3) is 0.222. The molecular formula is C9H9ClN2OS. The second-order valence-corrected chi connectivity index (χ2v) is 4.10. The number of amides is 1. The van der Waals surface area contributed by atoms with Crippen molar-refractivity contribution in [3.8, 4) is 11.8 Å². The standard InChI is InChI=1S/C9H9ClN2OS/c10-8-4-3-7(14-8)2-1-5-12-9(13)6-11/h3-4H,5-6,11H2,(H,12,13). The lowest BCUT2D eigenvalue weighted by Gasteiger charge is -1.94. The maximum Gasteiger partial charge on any atom is 0.234 e. The number of thiophene rings is 1. The second-order valence-electron chi connectivity index (χ2n) is 2.39. The van der Waals surface area contributed by atoms with Crippen LogP contribution in [0.15, 0.2) is 12.1 Å². The van der Waals surface area contributed by atoms with Crippen molar-refractivity contribution in [1.29, 1.82) is 0 Å². The van der Waals surface area contributed by atoms with Gasteiger partial charge in [-0.3, -0.25) is 4.79 Å². The van der Waals surface area contributed by atoms with Crippen molar-refractivity contribution in [1.82, 2.24) is 5.32 Å². The lowest BCUT2D eigenvalue weighted by molar-refractivity contribution is -0.119. The molecule has 0 fully saturated rings. The monoisotopic (exact) mass is 228 g/mol. The fourth-order valence-electron chi connectivity index (χ4n) is 0.728. The third-order valence-corrected chi connectivity index (χ3v) is 2.49. The van der Waals surface area contributed by atoms with Gasteiger partial charge in [0.15, 0.2) is 0 Å². The van der Waals surface area contributed by atoms with E-state index >= 15 is 0 Å². The summed E-state index contributed by atoms with van der Waals surface area (Å²) in [6.07, 6.45) is 0. The number of nitrogens with two attached hydrogens (primary N) is 1. The highest BCUT2D eigenvalue weighted by atomic mass is 35.5. The molecule has 0 atom stereocenters. The van der Waals surface area contributed by atoms with Gasteiger partial charge < -0.3 is 11.1 Å². The van der Waals surface area contributed by atoms with Crippen LogP contribution in [0.1, 0.15) is 4.88 Å². The Labute approximate surface area is 91.3 Å². The van der Waals surface area contributed by atoms with Crippen molar-refractivity contribution in [3.05, 3.63) is 21.3 Å². The molecule has 0 radical (unpaired) electrons. The quantitative estimate of drug-likeness (QED) is 0.737. The third-order valence-electron chi connectivity index (χ3n) is 1.34. The Balaban J connectivity index is 2.38. The number of carbonyl (C=O) groups is 1. The molecule has 1 aromatic rings. The van der Waals surface area contributed by atoms with Gasteiger partial charge in [0.05, 0.1) is 22.3 Å². The van der Waals surface area contributed by atoms with E-state index in [2.05, 4.69) is 17.2 Å². The minimum atomic E-state index is -0.205. The average molecular weight is 229 g/mol. The minimum Gasteiger partial charge on any atom is -0.344 e. The molecule has 1 amide bonds. The van der Waals surface area contributed by atoms with Crippen LogP contribution in [0, 0.1) is 11.8 Å². The average Bonchev–Trinajstić information content (AvgIpc) is 2.58. The molecule has 0 saturated heterocycles. The van der Waals surface area contributed by atoms with Gasteiger partial charge in [-0.15, -0.1) is 11.3 Å². The molecule has 0 aromatic carbocycles. The zero-order chi connectivity index (χ0) is 10.4. The molecule has 0 spiro atoms. The Morgan fingerprint density at radius 2 is 2.43 bits per heavy atom. The maximum absolute atomic E-state index is 10.7. The van der Waals surface area contributed by atoms with Gasteiger partial charge in [0.2, 0.25) is 5.91 Å². The number of hydrogen-bond donors (Lipinski definition) is 2. The summed E-state index contributed by atoms with van der Waals surface area (Å²) in [6.45, 7) is 0.304. The van der Waals surface area contributed by atoms with Crippen molar-refractivity contribution < 1.29 is 4.79 Å². The molecule has 1 rings (SSSR count). The molecule has 1 heterocycles. The van der Waals surface area contributed by atoms with Crippen LogP contribution in [-0.2, 0) is 4.79 Å². The normalized spacial score (nSPS) is 9.00. The van der Waals surface area contributed by atoms with Gasteiger partial charge in [-0.25, -0.2) is 0 Å². The van der Waals surface area contributed by atoms with E-state index in [-0.39, 0.29) is 12.5 Å². The first-order valence-electron chi connectivity index (χ1n) is 3.93. The zero-order valence-electron chi connectivity index (χ0n) is 7.34. The Kier molecular flexibility index (Phi) is 4.47. The number of nitrogens with one attached hydrogen (secondary N) is 1. The van der Waals surface area contributed by atoms with Crippen molar-refractivity contribution >= 4 is 28.8 Å². The van der Waals surface area contributed by atoms with E-state index in [1.165, 1.54) is 11.3 Å². The highest BCUT2D eigenvalue weighted by Gasteiger charge is 1.93. The first-order chi connectivity index (χ1) is 6.72. The molecule has 5 heteroatoms. The van der Waals surface area contributed by atoms with Gasteiger partial charge in [-0.2, -0.15) is 0 Å². The molecule has 0 aliphatic rings. The highest BCUT2D eigenvalue weighted by Crippen LogP contribution is 2.19. The number of hydrogen-bond acceptors (Lipinski definition) is 3. The molecule has 0 aliphatic carbocycles. The van der Waals surface area contributed by atoms with Gasteiger partial charge in [0, 0.05) is 0 Å². The number of rotatable bonds is 2. The van der Waals surface area contributed by atoms with Crippen molar-refractivity contribution in [3.63, 3.8) is 0 Å². The lowest BCUT2D eigenvalue weighted by atomic mass is 10.4. The van der Waals surface area contributed by atoms with Crippen molar-refractivity contribution in [2.45, 2.75) is 0 Å². The molecule has 0 unspecified atom stereocenters. The molecule has 3 N–H and O–H groups in total. The summed E-state index contributed by atoms with van der Waals surface area (Å²) in [5.74, 6) is 5.46. The molecule has 1 aromatic heterocycles. The van der Waals surface area contributed by atoms with Crippen LogP contribution in [0.4, 0.5) is 0 Å². The fourth-order valence-corrected chi connectivity index (χ4v) is 1.65. The second kappa shape index (κ2) is 5.66. The van der Waals surface area contributed by atoms with E-state index in [1.807, 2.05) is 6.07 Å². The van der Waals surface area contributed by atoms with Crippen LogP contribution in [-0.4, -0.2) is 19.0 Å². The number of halogens is 1. The van der Waals surface area contributed by atoms with Crippen LogP contribution in [0.5, 0.6) is 0 Å². The maximum atomic E-state index is 10.7. The summed E-state index contributed by atoms with van der Waals surface area (Å²) >= 11 is 7.12. The predicted octanol–water partition coefficient (Wildman–Crippen LogP) is 0.828. The zero-order valence-corrected chi connectivity index (χ0v) is 8.91. The summed E-state index contributed by atoms with van der Waals surface area (Å²) in [4.78, 5) is 11.6. The summed E-state index contributed by atoms with van der Waals surface area (Å²) in [5.41, 5.74) is 5.09. The molecule has 0 aliphatic heterocycles.